The molecule has 2 aromatic rings. The van der Waals surface area contributed by atoms with Crippen molar-refractivity contribution in [2.24, 2.45) is 11.7 Å². The van der Waals surface area contributed by atoms with Crippen LogP contribution in [-0.4, -0.2) is 33.8 Å². The molecule has 0 saturated carbocycles. The molecule has 22 heavy (non-hydrogen) atoms. The third-order valence-electron chi connectivity index (χ3n) is 4.57. The lowest BCUT2D eigenvalue weighted by Crippen LogP contribution is -2.28. The number of benzene rings is 1. The van der Waals surface area contributed by atoms with E-state index in [0.29, 0.717) is 12.0 Å². The van der Waals surface area contributed by atoms with Crippen LogP contribution in [0.3, 0.4) is 0 Å². The Kier molecular flexibility index (Phi) is 5.27. The van der Waals surface area contributed by atoms with E-state index in [1.807, 2.05) is 22.9 Å². The van der Waals surface area contributed by atoms with Gasteiger partial charge in [-0.2, -0.15) is 5.10 Å². The molecular weight excluding hydrogens is 296 g/mol. The zero-order chi connectivity index (χ0) is 15.0. The number of para-hydroxylation sites is 1. The van der Waals surface area contributed by atoms with E-state index in [2.05, 4.69) is 37.8 Å². The van der Waals surface area contributed by atoms with Gasteiger partial charge in [0, 0.05) is 36.9 Å². The molecule has 3 rings (SSSR count). The minimum Gasteiger partial charge on any atom is -0.326 e. The highest BCUT2D eigenvalue weighted by molar-refractivity contribution is 5.85. The second kappa shape index (κ2) is 6.82. The summed E-state index contributed by atoms with van der Waals surface area (Å²) < 4.78 is 2.05. The molecule has 0 radical (unpaired) electrons. The summed E-state index contributed by atoms with van der Waals surface area (Å²) in [6.45, 7) is 9.50. The fourth-order valence-corrected chi connectivity index (χ4v) is 3.17. The van der Waals surface area contributed by atoms with Gasteiger partial charge in [-0.15, -0.1) is 12.4 Å². The summed E-state index contributed by atoms with van der Waals surface area (Å²) in [5.41, 5.74) is 10.9. The Balaban J connectivity index is 0.00000176. The Morgan fingerprint density at radius 2 is 1.86 bits per heavy atom. The van der Waals surface area contributed by atoms with Crippen LogP contribution in [0.25, 0.3) is 5.69 Å². The molecule has 1 aliphatic heterocycles. The Bertz CT molecular complexity index is 613. The smallest absolute Gasteiger partial charge is 0.0648 e. The molecule has 1 fully saturated rings. The van der Waals surface area contributed by atoms with Gasteiger partial charge in [-0.25, -0.2) is 4.68 Å². The molecule has 2 heterocycles. The quantitative estimate of drug-likeness (QED) is 0.946. The largest absolute Gasteiger partial charge is 0.326 e. The van der Waals surface area contributed by atoms with Gasteiger partial charge in [-0.1, -0.05) is 25.1 Å². The van der Waals surface area contributed by atoms with Crippen LogP contribution in [0.5, 0.6) is 0 Å². The van der Waals surface area contributed by atoms with Crippen LogP contribution < -0.4 is 5.73 Å². The van der Waals surface area contributed by atoms with E-state index < -0.39 is 0 Å². The zero-order valence-electron chi connectivity index (χ0n) is 13.5. The van der Waals surface area contributed by atoms with Crippen molar-refractivity contribution < 1.29 is 0 Å². The second-order valence-corrected chi connectivity index (χ2v) is 6.23. The molecule has 1 aromatic heterocycles. The van der Waals surface area contributed by atoms with Crippen molar-refractivity contribution in [3.63, 3.8) is 0 Å². The highest BCUT2D eigenvalue weighted by Gasteiger charge is 2.27. The first-order chi connectivity index (χ1) is 10.1. The molecule has 120 valence electrons. The molecule has 5 heteroatoms. The van der Waals surface area contributed by atoms with E-state index in [9.17, 15) is 0 Å². The summed E-state index contributed by atoms with van der Waals surface area (Å²) in [5.74, 6) is 0.579. The maximum Gasteiger partial charge on any atom is 0.0648 e. The number of nitrogens with two attached hydrogens (primary N) is 1. The van der Waals surface area contributed by atoms with Gasteiger partial charge in [0.15, 0.2) is 0 Å². The topological polar surface area (TPSA) is 47.1 Å². The Hall–Kier alpha value is -1.36. The molecule has 0 bridgehead atoms. The molecule has 2 unspecified atom stereocenters. The lowest BCUT2D eigenvalue weighted by atomic mass is 10.1. The third-order valence-corrected chi connectivity index (χ3v) is 4.57. The fraction of sp³-hybridized carbons (Fsp3) is 0.471. The average Bonchev–Trinajstić information content (AvgIpc) is 2.94. The lowest BCUT2D eigenvalue weighted by Gasteiger charge is -2.15. The molecule has 2 N–H and O–H groups in total. The SMILES string of the molecule is Cc1nn(-c2ccccc2)c(C)c1CN1CC(C)C(N)C1.Cl. The van der Waals surface area contributed by atoms with E-state index in [0.717, 1.165) is 31.0 Å². The number of nitrogens with zero attached hydrogens (tertiary/aromatic N) is 3. The summed E-state index contributed by atoms with van der Waals surface area (Å²) in [5, 5.41) is 4.72. The first-order valence-corrected chi connectivity index (χ1v) is 7.64. The summed E-state index contributed by atoms with van der Waals surface area (Å²) >= 11 is 0. The van der Waals surface area contributed by atoms with Gasteiger partial charge in [0.05, 0.1) is 11.4 Å². The van der Waals surface area contributed by atoms with Gasteiger partial charge < -0.3 is 5.73 Å². The average molecular weight is 321 g/mol. The minimum absolute atomic E-state index is 0. The number of likely N-dealkylation sites (tertiary alicyclic amines) is 1. The number of hydrogen-bond donors (Lipinski definition) is 1. The van der Waals surface area contributed by atoms with Gasteiger partial charge in [0.25, 0.3) is 0 Å². The maximum absolute atomic E-state index is 6.13. The van der Waals surface area contributed by atoms with E-state index >= 15 is 0 Å². The second-order valence-electron chi connectivity index (χ2n) is 6.23. The van der Waals surface area contributed by atoms with Gasteiger partial charge in [-0.3, -0.25) is 4.90 Å². The van der Waals surface area contributed by atoms with Gasteiger partial charge in [-0.05, 0) is 31.9 Å². The maximum atomic E-state index is 6.13. The molecule has 4 nitrogen and oxygen atoms in total. The molecular formula is C17H25ClN4. The predicted molar refractivity (Wildman–Crippen MR) is 92.7 cm³/mol. The molecule has 2 atom stereocenters. The van der Waals surface area contributed by atoms with Gasteiger partial charge >= 0.3 is 0 Å². The first kappa shape index (κ1) is 17.0. The van der Waals surface area contributed by atoms with Crippen LogP contribution in [0.15, 0.2) is 30.3 Å². The third kappa shape index (κ3) is 3.19. The number of aryl methyl sites for hydroxylation is 1. The van der Waals surface area contributed by atoms with Crippen LogP contribution in [-0.2, 0) is 6.54 Å². The van der Waals surface area contributed by atoms with Crippen LogP contribution in [0, 0.1) is 19.8 Å². The highest BCUT2D eigenvalue weighted by atomic mass is 35.5. The van der Waals surface area contributed by atoms with E-state index in [1.54, 1.807) is 0 Å². The number of rotatable bonds is 3. The summed E-state index contributed by atoms with van der Waals surface area (Å²) in [6.07, 6.45) is 0. The molecule has 1 saturated heterocycles. The van der Waals surface area contributed by atoms with Crippen LogP contribution >= 0.6 is 12.4 Å². The number of halogens is 1. The van der Waals surface area contributed by atoms with Crippen molar-refractivity contribution >= 4 is 12.4 Å². The summed E-state index contributed by atoms with van der Waals surface area (Å²) in [6, 6.07) is 10.6. The summed E-state index contributed by atoms with van der Waals surface area (Å²) in [4.78, 5) is 2.45. The van der Waals surface area contributed by atoms with Crippen molar-refractivity contribution in [3.05, 3.63) is 47.3 Å². The van der Waals surface area contributed by atoms with Crippen LogP contribution in [0.1, 0.15) is 23.9 Å². The van der Waals surface area contributed by atoms with E-state index in [1.165, 1.54) is 11.3 Å². The molecule has 1 aliphatic rings. The molecule has 0 amide bonds. The highest BCUT2D eigenvalue weighted by Crippen LogP contribution is 2.23. The molecule has 0 aliphatic carbocycles. The predicted octanol–water partition coefficient (Wildman–Crippen LogP) is 2.69. The van der Waals surface area contributed by atoms with Crippen molar-refractivity contribution in [2.45, 2.75) is 33.4 Å². The number of hydrogen-bond acceptors (Lipinski definition) is 3. The minimum atomic E-state index is 0. The summed E-state index contributed by atoms with van der Waals surface area (Å²) in [7, 11) is 0. The Morgan fingerprint density at radius 1 is 1.18 bits per heavy atom. The van der Waals surface area contributed by atoms with Crippen molar-refractivity contribution in [1.82, 2.24) is 14.7 Å². The Morgan fingerprint density at radius 3 is 2.45 bits per heavy atom. The normalized spacial score (nSPS) is 21.8. The fourth-order valence-electron chi connectivity index (χ4n) is 3.17. The van der Waals surface area contributed by atoms with Crippen molar-refractivity contribution in [3.8, 4) is 5.69 Å². The zero-order valence-corrected chi connectivity index (χ0v) is 14.3. The van der Waals surface area contributed by atoms with Crippen molar-refractivity contribution in [1.29, 1.82) is 0 Å². The van der Waals surface area contributed by atoms with Crippen LogP contribution in [0.2, 0.25) is 0 Å². The number of aromatic nitrogens is 2. The standard InChI is InChI=1S/C17H24N4.ClH/c1-12-9-20(11-17(12)18)10-16-13(2)19-21(14(16)3)15-7-5-4-6-8-15;/h4-8,12,17H,9-11,18H2,1-3H3;1H. The molecule has 1 aromatic carbocycles. The monoisotopic (exact) mass is 320 g/mol. The van der Waals surface area contributed by atoms with Crippen molar-refractivity contribution in [2.75, 3.05) is 13.1 Å². The first-order valence-electron chi connectivity index (χ1n) is 7.64. The van der Waals surface area contributed by atoms with Gasteiger partial charge in [0.2, 0.25) is 0 Å². The Labute approximate surface area is 138 Å². The molecule has 0 spiro atoms. The lowest BCUT2D eigenvalue weighted by molar-refractivity contribution is 0.317. The van der Waals surface area contributed by atoms with Crippen LogP contribution in [0.4, 0.5) is 0 Å². The van der Waals surface area contributed by atoms with Gasteiger partial charge in [0.1, 0.15) is 0 Å². The van der Waals surface area contributed by atoms with E-state index in [-0.39, 0.29) is 12.4 Å². The van der Waals surface area contributed by atoms with E-state index in [4.69, 9.17) is 10.8 Å².